The van der Waals surface area contributed by atoms with Gasteiger partial charge in [0.1, 0.15) is 0 Å². The Balaban J connectivity index is 0.000000200. The van der Waals surface area contributed by atoms with E-state index in [0.717, 1.165) is 95.5 Å². The number of hydrogen-bond donors (Lipinski definition) is 1. The molecule has 8 aliphatic carbocycles. The van der Waals surface area contributed by atoms with Gasteiger partial charge in [-0.2, -0.15) is 0 Å². The molecule has 0 aliphatic heterocycles. The van der Waals surface area contributed by atoms with E-state index in [0.29, 0.717) is 41.8 Å². The lowest BCUT2D eigenvalue weighted by atomic mass is 9.65. The molecular weight excluding hydrogens is 1360 g/mol. The number of hydrogen-bond acceptors (Lipinski definition) is 3. The summed E-state index contributed by atoms with van der Waals surface area (Å²) >= 11 is 0. The first-order valence-corrected chi connectivity index (χ1v) is 45.0. The highest BCUT2D eigenvalue weighted by Gasteiger charge is 2.41. The third-order valence-electron chi connectivity index (χ3n) is 27.3. The van der Waals surface area contributed by atoms with Crippen molar-refractivity contribution in [3.8, 4) is 0 Å². The summed E-state index contributed by atoms with van der Waals surface area (Å²) in [5.74, 6) is 13.9. The molecular formula is C109H166O3. The van der Waals surface area contributed by atoms with Crippen molar-refractivity contribution in [2.45, 2.75) is 355 Å². The van der Waals surface area contributed by atoms with Crippen molar-refractivity contribution in [1.82, 2.24) is 0 Å². The van der Waals surface area contributed by atoms with Gasteiger partial charge in [-0.1, -0.05) is 356 Å². The SMILES string of the molecule is C.C.CC(C)C1CCCC1.CC(C)C1CCCC1OCc1ccccc1.CC(C)C1CCCc2ccccc21.CC(C)C1c2cc(CO)ccc2CCC1C.CC(C)C1c2ccccc2CC1C.CC(C)C1c2ccccc2CCC1C.CC(C)c1cccc2c1CCCC2.COC1CC(C)(C)c2ccccc2C1C(C)C. The van der Waals surface area contributed by atoms with Gasteiger partial charge in [-0.3, -0.25) is 0 Å². The highest BCUT2D eigenvalue weighted by atomic mass is 16.5. The summed E-state index contributed by atoms with van der Waals surface area (Å²) in [4.78, 5) is 0. The number of aryl methyl sites for hydroxylation is 4. The third-order valence-corrected chi connectivity index (χ3v) is 27.3. The predicted octanol–water partition coefficient (Wildman–Crippen LogP) is 30.8. The van der Waals surface area contributed by atoms with Gasteiger partial charge in [0.25, 0.3) is 0 Å². The highest BCUT2D eigenvalue weighted by molar-refractivity contribution is 5.42. The van der Waals surface area contributed by atoms with Crippen molar-refractivity contribution < 1.29 is 14.6 Å². The minimum absolute atomic E-state index is 0. The number of rotatable bonds is 13. The van der Waals surface area contributed by atoms with Crippen molar-refractivity contribution in [2.75, 3.05) is 7.11 Å². The first kappa shape index (κ1) is 95.3. The Bertz CT molecular complexity index is 3760. The summed E-state index contributed by atoms with van der Waals surface area (Å²) in [6, 6.07) is 59.6. The van der Waals surface area contributed by atoms with Crippen LogP contribution in [0.2, 0.25) is 0 Å². The Morgan fingerprint density at radius 2 is 0.884 bits per heavy atom. The monoisotopic (exact) mass is 1520 g/mol. The molecule has 2 fully saturated rings. The van der Waals surface area contributed by atoms with Crippen molar-refractivity contribution in [2.24, 2.45) is 71.0 Å². The number of ether oxygens (including phenoxy) is 2. The van der Waals surface area contributed by atoms with Crippen LogP contribution in [-0.2, 0) is 66.6 Å². The van der Waals surface area contributed by atoms with Crippen LogP contribution in [0.15, 0.2) is 164 Å². The topological polar surface area (TPSA) is 38.7 Å². The molecule has 0 aromatic heterocycles. The molecule has 2 saturated carbocycles. The van der Waals surface area contributed by atoms with Crippen molar-refractivity contribution in [1.29, 1.82) is 0 Å². The third kappa shape index (κ3) is 26.5. The summed E-state index contributed by atoms with van der Waals surface area (Å²) in [5.41, 5.74) is 23.0. The smallest absolute Gasteiger partial charge is 0.0720 e. The van der Waals surface area contributed by atoms with Gasteiger partial charge in [0.15, 0.2) is 0 Å². The predicted molar refractivity (Wildman–Crippen MR) is 490 cm³/mol. The lowest BCUT2D eigenvalue weighted by Gasteiger charge is -2.43. The van der Waals surface area contributed by atoms with Crippen LogP contribution in [0.1, 0.15) is 369 Å². The zero-order valence-electron chi connectivity index (χ0n) is 74.0. The molecule has 112 heavy (non-hydrogen) atoms. The fourth-order valence-corrected chi connectivity index (χ4v) is 21.5. The molecule has 620 valence electrons. The second-order valence-electron chi connectivity index (χ2n) is 38.6. The summed E-state index contributed by atoms with van der Waals surface area (Å²) < 4.78 is 11.8. The average molecular weight is 1520 g/mol. The van der Waals surface area contributed by atoms with Crippen LogP contribution in [0.3, 0.4) is 0 Å². The van der Waals surface area contributed by atoms with E-state index in [1.54, 1.807) is 50.1 Å². The minimum Gasteiger partial charge on any atom is -0.392 e. The molecule has 0 heterocycles. The maximum Gasteiger partial charge on any atom is 0.0720 e. The van der Waals surface area contributed by atoms with Crippen molar-refractivity contribution >= 4 is 0 Å². The van der Waals surface area contributed by atoms with Crippen LogP contribution in [0.25, 0.3) is 0 Å². The first-order valence-electron chi connectivity index (χ1n) is 45.0. The zero-order chi connectivity index (χ0) is 79.8. The quantitative estimate of drug-likeness (QED) is 0.125. The molecule has 15 rings (SSSR count). The number of aliphatic hydroxyl groups excluding tert-OH is 1. The molecule has 8 aliphatic rings. The van der Waals surface area contributed by atoms with Crippen LogP contribution < -0.4 is 0 Å². The van der Waals surface area contributed by atoms with E-state index >= 15 is 0 Å². The number of benzene rings is 7. The fourth-order valence-electron chi connectivity index (χ4n) is 21.5. The Kier molecular flexibility index (Phi) is 40.0. The van der Waals surface area contributed by atoms with E-state index < -0.39 is 0 Å². The first-order chi connectivity index (χ1) is 52.6. The van der Waals surface area contributed by atoms with Gasteiger partial charge in [-0.15, -0.1) is 0 Å². The van der Waals surface area contributed by atoms with E-state index in [1.165, 1.54) is 150 Å². The van der Waals surface area contributed by atoms with E-state index in [9.17, 15) is 5.11 Å². The molecule has 11 atom stereocenters. The molecule has 3 heteroatoms. The molecule has 0 amide bonds. The zero-order valence-corrected chi connectivity index (χ0v) is 74.0. The lowest BCUT2D eigenvalue weighted by Crippen LogP contribution is -2.39. The van der Waals surface area contributed by atoms with Gasteiger partial charge in [-0.25, -0.2) is 0 Å². The second kappa shape index (κ2) is 47.0. The second-order valence-corrected chi connectivity index (χ2v) is 38.6. The van der Waals surface area contributed by atoms with Crippen molar-refractivity contribution in [3.63, 3.8) is 0 Å². The van der Waals surface area contributed by atoms with Crippen LogP contribution in [-0.4, -0.2) is 24.4 Å². The van der Waals surface area contributed by atoms with Crippen LogP contribution in [0.4, 0.5) is 0 Å². The Morgan fingerprint density at radius 3 is 1.44 bits per heavy atom. The maximum atomic E-state index is 9.23. The molecule has 0 spiro atoms. The summed E-state index contributed by atoms with van der Waals surface area (Å²) in [7, 11) is 1.85. The molecule has 11 unspecified atom stereocenters. The Morgan fingerprint density at radius 1 is 0.384 bits per heavy atom. The average Bonchev–Trinajstić information content (AvgIpc) is 1.09. The van der Waals surface area contributed by atoms with Crippen molar-refractivity contribution in [3.05, 3.63) is 247 Å². The summed E-state index contributed by atoms with van der Waals surface area (Å²) in [5, 5.41) is 9.23. The van der Waals surface area contributed by atoms with Gasteiger partial charge in [0.2, 0.25) is 0 Å². The summed E-state index contributed by atoms with van der Waals surface area (Å²) in [6.07, 6.45) is 27.7. The van der Waals surface area contributed by atoms with Gasteiger partial charge in [0, 0.05) is 13.0 Å². The largest absolute Gasteiger partial charge is 0.392 e. The normalized spacial score (nSPS) is 23.5. The number of fused-ring (bicyclic) bond motifs is 6. The van der Waals surface area contributed by atoms with Gasteiger partial charge >= 0.3 is 0 Å². The molecule has 0 radical (unpaired) electrons. The molecule has 3 nitrogen and oxygen atoms in total. The minimum atomic E-state index is 0. The standard InChI is InChI=1S/C16H24O.2C15H22O.C14H20.3C13H18.C8H16.2CH4/c1-11(2)15-12-8-6-7-9-13(12)16(3,4)10-14(15)17-5;1-10(2)15-11(3)4-6-13-7-5-12(9-16)8-14(13)15;1-12(2)14-9-6-10-15(14)16-11-13-7-4-3-5-8-13;1-10(2)14-11(3)8-9-12-6-4-5-7-13(12)14;1-9(2)13-10(3)8-11-6-4-5-7-12(11)13;2*1-10(2)12-9-5-7-11-6-3-4-8-13(11)12;1-7(2)8-5-3-4-6-8;;/h6-9,11,14-15H,10H2,1-5H3;5,7-8,10-11,15-16H,4,6,9H2,1-3H3;3-5,7-8,12,14-15H,6,9-11H2,1-2H3;4-7,10-11,14H,8-9H2,1-3H3;4-7,9-10,13H,8H2,1-3H3;5,7,9-10H,3-4,6,8H2,1-2H3;3-4,6,8,10,12H,5,7,9H2,1-2H3;7-8H,3-6H2,1-2H3;2*1H4. The van der Waals surface area contributed by atoms with E-state index in [1.807, 2.05) is 7.11 Å². The molecule has 0 bridgehead atoms. The van der Waals surface area contributed by atoms with Gasteiger partial charge in [0.05, 0.1) is 25.4 Å². The van der Waals surface area contributed by atoms with Crippen LogP contribution in [0, 0.1) is 71.0 Å². The molecule has 7 aromatic carbocycles. The lowest BCUT2D eigenvalue weighted by molar-refractivity contribution is 0.00355. The Hall–Kier alpha value is -5.58. The molecule has 7 aromatic rings. The van der Waals surface area contributed by atoms with Gasteiger partial charge in [-0.05, 0) is 286 Å². The summed E-state index contributed by atoms with van der Waals surface area (Å²) in [6.45, 7) is 49.9. The van der Waals surface area contributed by atoms with Crippen LogP contribution in [0.5, 0.6) is 0 Å². The molecule has 1 N–H and O–H groups in total. The van der Waals surface area contributed by atoms with E-state index in [4.69, 9.17) is 9.47 Å². The van der Waals surface area contributed by atoms with Gasteiger partial charge < -0.3 is 14.6 Å². The number of methoxy groups -OCH3 is 1. The van der Waals surface area contributed by atoms with Crippen LogP contribution >= 0.6 is 0 Å². The maximum absolute atomic E-state index is 9.23. The highest BCUT2D eigenvalue weighted by Crippen LogP contribution is 2.48. The molecule has 0 saturated heterocycles. The van der Waals surface area contributed by atoms with E-state index in [-0.39, 0.29) is 26.9 Å². The van der Waals surface area contributed by atoms with E-state index in [2.05, 4.69) is 309 Å². The fraction of sp³-hybridized carbons (Fsp3) is 0.615. The Labute approximate surface area is 690 Å². The number of aliphatic hydroxyl groups is 1.